The monoisotopic (exact) mass is 406 g/mol. The van der Waals surface area contributed by atoms with E-state index in [1.807, 2.05) is 32.0 Å². The second-order valence-electron chi connectivity index (χ2n) is 8.91. The highest BCUT2D eigenvalue weighted by atomic mass is 16.3. The second-order valence-corrected chi connectivity index (χ2v) is 8.91. The van der Waals surface area contributed by atoms with Gasteiger partial charge in [-0.3, -0.25) is 14.6 Å². The molecule has 2 heterocycles. The molecule has 30 heavy (non-hydrogen) atoms. The van der Waals surface area contributed by atoms with Crippen molar-refractivity contribution in [1.82, 2.24) is 9.88 Å². The first-order valence-corrected chi connectivity index (χ1v) is 10.5. The molecule has 1 amide bonds. The van der Waals surface area contributed by atoms with Gasteiger partial charge in [0.1, 0.15) is 5.76 Å². The Morgan fingerprint density at radius 2 is 1.80 bits per heavy atom. The summed E-state index contributed by atoms with van der Waals surface area (Å²) in [5.41, 5.74) is 3.31. The first-order chi connectivity index (χ1) is 14.2. The highest BCUT2D eigenvalue weighted by molar-refractivity contribution is 6.46. The van der Waals surface area contributed by atoms with Crippen molar-refractivity contribution >= 4 is 17.4 Å². The zero-order valence-corrected chi connectivity index (χ0v) is 18.4. The summed E-state index contributed by atoms with van der Waals surface area (Å²) in [6.07, 6.45) is 4.97. The highest BCUT2D eigenvalue weighted by Gasteiger charge is 2.45. The Kier molecular flexibility index (Phi) is 6.11. The lowest BCUT2D eigenvalue weighted by molar-refractivity contribution is -0.139. The molecule has 0 bridgehead atoms. The largest absolute Gasteiger partial charge is 0.507 e. The van der Waals surface area contributed by atoms with Gasteiger partial charge in [0.2, 0.25) is 0 Å². The number of ketones is 1. The minimum atomic E-state index is -0.633. The standard InChI is InChI=1S/C25H30N2O3/c1-6-7-14-27-21(17-10-12-26-13-11-17)20(23(29)24(27)30)22(28)19-15-18(25(3,4)5)9-8-16(19)2/h8-13,15,21,28H,6-7,14H2,1-5H3/b22-20+. The fourth-order valence-corrected chi connectivity index (χ4v) is 3.82. The van der Waals surface area contributed by atoms with E-state index in [1.165, 1.54) is 0 Å². The number of rotatable bonds is 5. The lowest BCUT2D eigenvalue weighted by Gasteiger charge is -2.25. The first kappa shape index (κ1) is 21.8. The molecule has 1 aliphatic rings. The molecule has 1 atom stereocenters. The van der Waals surface area contributed by atoms with E-state index in [2.05, 4.69) is 25.8 Å². The predicted octanol–water partition coefficient (Wildman–Crippen LogP) is 4.91. The highest BCUT2D eigenvalue weighted by Crippen LogP contribution is 2.40. The Bertz CT molecular complexity index is 987. The van der Waals surface area contributed by atoms with Crippen LogP contribution >= 0.6 is 0 Å². The molecule has 1 unspecified atom stereocenters. The number of aryl methyl sites for hydroxylation is 1. The number of aliphatic hydroxyl groups is 1. The van der Waals surface area contributed by atoms with Gasteiger partial charge in [0, 0.05) is 24.5 Å². The summed E-state index contributed by atoms with van der Waals surface area (Å²) in [4.78, 5) is 31.5. The summed E-state index contributed by atoms with van der Waals surface area (Å²) < 4.78 is 0. The van der Waals surface area contributed by atoms with Crippen molar-refractivity contribution in [2.45, 2.75) is 58.9 Å². The molecule has 1 N–H and O–H groups in total. The molecule has 2 aromatic rings. The van der Waals surface area contributed by atoms with Crippen LogP contribution < -0.4 is 0 Å². The number of hydrogen-bond acceptors (Lipinski definition) is 4. The van der Waals surface area contributed by atoms with Gasteiger partial charge < -0.3 is 10.0 Å². The van der Waals surface area contributed by atoms with Crippen molar-refractivity contribution in [1.29, 1.82) is 0 Å². The van der Waals surface area contributed by atoms with Gasteiger partial charge in [-0.05, 0) is 53.6 Å². The van der Waals surface area contributed by atoms with Crippen LogP contribution in [0.4, 0.5) is 0 Å². The first-order valence-electron chi connectivity index (χ1n) is 10.5. The molecule has 1 aliphatic heterocycles. The Labute approximate surface area is 178 Å². The van der Waals surface area contributed by atoms with Gasteiger partial charge >= 0.3 is 0 Å². The molecule has 1 fully saturated rings. The van der Waals surface area contributed by atoms with Crippen LogP contribution in [-0.4, -0.2) is 33.2 Å². The number of pyridine rings is 1. The molecule has 1 aromatic carbocycles. The Hall–Kier alpha value is -2.95. The van der Waals surface area contributed by atoms with Crippen LogP contribution in [0.25, 0.3) is 5.76 Å². The fraction of sp³-hybridized carbons (Fsp3) is 0.400. The molecule has 0 spiro atoms. The molecule has 0 aliphatic carbocycles. The van der Waals surface area contributed by atoms with E-state index in [0.29, 0.717) is 12.1 Å². The van der Waals surface area contributed by atoms with Crippen LogP contribution in [0.5, 0.6) is 0 Å². The fourth-order valence-electron chi connectivity index (χ4n) is 3.82. The lowest BCUT2D eigenvalue weighted by Crippen LogP contribution is -2.30. The number of carbonyl (C=O) groups excluding carboxylic acids is 2. The van der Waals surface area contributed by atoms with Gasteiger partial charge in [-0.25, -0.2) is 0 Å². The van der Waals surface area contributed by atoms with Gasteiger partial charge in [0.05, 0.1) is 11.6 Å². The van der Waals surface area contributed by atoms with Crippen LogP contribution in [0.1, 0.15) is 68.8 Å². The van der Waals surface area contributed by atoms with Crippen LogP contribution in [0.15, 0.2) is 48.3 Å². The summed E-state index contributed by atoms with van der Waals surface area (Å²) in [6.45, 7) is 10.7. The Balaban J connectivity index is 2.21. The maximum atomic E-state index is 13.0. The third kappa shape index (κ3) is 4.02. The lowest BCUT2D eigenvalue weighted by atomic mass is 9.84. The number of amides is 1. The SMILES string of the molecule is CCCCN1C(=O)C(=O)/C(=C(/O)c2cc(C(C)(C)C)ccc2C)C1c1ccncc1. The van der Waals surface area contributed by atoms with E-state index in [0.717, 1.165) is 29.5 Å². The summed E-state index contributed by atoms with van der Waals surface area (Å²) in [7, 11) is 0. The third-order valence-electron chi connectivity index (χ3n) is 5.67. The summed E-state index contributed by atoms with van der Waals surface area (Å²) in [6, 6.07) is 8.88. The molecular formula is C25H30N2O3. The quantitative estimate of drug-likeness (QED) is 0.435. The summed E-state index contributed by atoms with van der Waals surface area (Å²) in [5.74, 6) is -1.31. The van der Waals surface area contributed by atoms with Gasteiger partial charge in [0.25, 0.3) is 11.7 Å². The van der Waals surface area contributed by atoms with Gasteiger partial charge in [0.15, 0.2) is 0 Å². The molecule has 5 heteroatoms. The van der Waals surface area contributed by atoms with Crippen molar-refractivity contribution in [3.63, 3.8) is 0 Å². The number of unbranched alkanes of at least 4 members (excludes halogenated alkanes) is 1. The average molecular weight is 407 g/mol. The van der Waals surface area contributed by atoms with Crippen molar-refractivity contribution in [3.8, 4) is 0 Å². The topological polar surface area (TPSA) is 70.5 Å². The molecule has 0 saturated carbocycles. The smallest absolute Gasteiger partial charge is 0.295 e. The molecule has 3 rings (SSSR count). The summed E-state index contributed by atoms with van der Waals surface area (Å²) >= 11 is 0. The van der Waals surface area contributed by atoms with E-state index in [-0.39, 0.29) is 16.7 Å². The molecule has 1 aromatic heterocycles. The number of carbonyl (C=O) groups is 2. The number of hydrogen-bond donors (Lipinski definition) is 1. The number of aromatic nitrogens is 1. The number of aliphatic hydroxyl groups excluding tert-OH is 1. The zero-order valence-electron chi connectivity index (χ0n) is 18.4. The average Bonchev–Trinajstić information content (AvgIpc) is 2.96. The Morgan fingerprint density at radius 1 is 1.13 bits per heavy atom. The van der Waals surface area contributed by atoms with Crippen molar-refractivity contribution in [2.24, 2.45) is 0 Å². The van der Waals surface area contributed by atoms with E-state index in [1.54, 1.807) is 29.4 Å². The van der Waals surface area contributed by atoms with E-state index in [4.69, 9.17) is 0 Å². The van der Waals surface area contributed by atoms with Gasteiger partial charge in [-0.15, -0.1) is 0 Å². The van der Waals surface area contributed by atoms with Crippen LogP contribution in [0.3, 0.4) is 0 Å². The van der Waals surface area contributed by atoms with E-state index < -0.39 is 17.7 Å². The second kappa shape index (κ2) is 8.42. The molecule has 1 saturated heterocycles. The van der Waals surface area contributed by atoms with Crippen molar-refractivity contribution in [3.05, 3.63) is 70.6 Å². The minimum Gasteiger partial charge on any atom is -0.507 e. The molecular weight excluding hydrogens is 376 g/mol. The van der Waals surface area contributed by atoms with Crippen LogP contribution in [-0.2, 0) is 15.0 Å². The minimum absolute atomic E-state index is 0.111. The zero-order chi connectivity index (χ0) is 22.1. The Morgan fingerprint density at radius 3 is 2.40 bits per heavy atom. The third-order valence-corrected chi connectivity index (χ3v) is 5.67. The molecule has 0 radical (unpaired) electrons. The number of Topliss-reactive ketones (excluding diaryl/α,β-unsaturated/α-hetero) is 1. The number of likely N-dealkylation sites (tertiary alicyclic amines) is 1. The van der Waals surface area contributed by atoms with E-state index >= 15 is 0 Å². The number of benzene rings is 1. The summed E-state index contributed by atoms with van der Waals surface area (Å²) in [5, 5.41) is 11.3. The van der Waals surface area contributed by atoms with Crippen molar-refractivity contribution in [2.75, 3.05) is 6.54 Å². The van der Waals surface area contributed by atoms with E-state index in [9.17, 15) is 14.7 Å². The normalized spacial score (nSPS) is 18.8. The molecule has 5 nitrogen and oxygen atoms in total. The molecule has 158 valence electrons. The predicted molar refractivity (Wildman–Crippen MR) is 118 cm³/mol. The van der Waals surface area contributed by atoms with Crippen LogP contribution in [0.2, 0.25) is 0 Å². The van der Waals surface area contributed by atoms with Crippen molar-refractivity contribution < 1.29 is 14.7 Å². The van der Waals surface area contributed by atoms with Gasteiger partial charge in [-0.1, -0.05) is 46.2 Å². The number of nitrogens with zero attached hydrogens (tertiary/aromatic N) is 2. The van der Waals surface area contributed by atoms with Crippen LogP contribution in [0, 0.1) is 6.92 Å². The maximum Gasteiger partial charge on any atom is 0.295 e. The maximum absolute atomic E-state index is 13.0. The van der Waals surface area contributed by atoms with Gasteiger partial charge in [-0.2, -0.15) is 0 Å².